The molecule has 3 heterocycles. The number of benzene rings is 1. The van der Waals surface area contributed by atoms with Gasteiger partial charge in [0.2, 0.25) is 17.7 Å². The Morgan fingerprint density at radius 2 is 1.95 bits per heavy atom. The minimum Gasteiger partial charge on any atom is -0.448 e. The molecule has 3 N–H and O–H groups in total. The third kappa shape index (κ3) is 5.14. The van der Waals surface area contributed by atoms with Crippen LogP contribution in [0.2, 0.25) is 0 Å². The van der Waals surface area contributed by atoms with Crippen molar-refractivity contribution in [2.45, 2.75) is 94.9 Å². The number of hydrogen-bond donors (Lipinski definition) is 3. The Hall–Kier alpha value is -3.20. The fourth-order valence-electron chi connectivity index (χ4n) is 6.26. The molecule has 196 valence electrons. The van der Waals surface area contributed by atoms with Gasteiger partial charge in [0.15, 0.2) is 0 Å². The van der Waals surface area contributed by atoms with Crippen molar-refractivity contribution in [3.05, 3.63) is 47.7 Å². The molecule has 1 saturated heterocycles. The van der Waals surface area contributed by atoms with Gasteiger partial charge < -0.3 is 20.0 Å². The molecule has 2 aliphatic heterocycles. The van der Waals surface area contributed by atoms with E-state index in [1.54, 1.807) is 17.4 Å². The van der Waals surface area contributed by atoms with E-state index in [0.717, 1.165) is 49.3 Å². The zero-order valence-corrected chi connectivity index (χ0v) is 21.1. The van der Waals surface area contributed by atoms with Crippen LogP contribution in [0.25, 0.3) is 0 Å². The molecular formula is C28H35N5O4. The molecule has 1 atom stereocenters. The summed E-state index contributed by atoms with van der Waals surface area (Å²) in [4.78, 5) is 43.3. The zero-order valence-electron chi connectivity index (χ0n) is 21.1. The number of piperidine rings is 1. The highest BCUT2D eigenvalue weighted by atomic mass is 16.3. The summed E-state index contributed by atoms with van der Waals surface area (Å²) in [6.07, 6.45) is 13.2. The maximum Gasteiger partial charge on any atom is 0.255 e. The number of carbonyl (C=O) groups is 3. The van der Waals surface area contributed by atoms with Crippen molar-refractivity contribution in [3.63, 3.8) is 0 Å². The lowest BCUT2D eigenvalue weighted by atomic mass is 9.75. The highest BCUT2D eigenvalue weighted by Gasteiger charge is 2.42. The van der Waals surface area contributed by atoms with Gasteiger partial charge in [-0.05, 0) is 63.0 Å². The van der Waals surface area contributed by atoms with Gasteiger partial charge in [-0.3, -0.25) is 19.7 Å². The van der Waals surface area contributed by atoms with E-state index in [2.05, 4.69) is 27.0 Å². The summed E-state index contributed by atoms with van der Waals surface area (Å²) in [6, 6.07) is 5.69. The van der Waals surface area contributed by atoms with Crippen LogP contribution in [-0.2, 0) is 22.7 Å². The van der Waals surface area contributed by atoms with Gasteiger partial charge in [-0.1, -0.05) is 18.9 Å². The Balaban J connectivity index is 1.17. The molecule has 2 aromatic rings. The van der Waals surface area contributed by atoms with Gasteiger partial charge in [0.25, 0.3) is 5.91 Å². The first-order chi connectivity index (χ1) is 18.0. The van der Waals surface area contributed by atoms with E-state index in [4.69, 9.17) is 4.42 Å². The number of nitrogens with one attached hydrogen (secondary N) is 3. The first-order valence-electron chi connectivity index (χ1n) is 13.7. The molecule has 37 heavy (non-hydrogen) atoms. The van der Waals surface area contributed by atoms with E-state index in [9.17, 15) is 14.4 Å². The zero-order chi connectivity index (χ0) is 25.4. The van der Waals surface area contributed by atoms with Crippen LogP contribution in [0.4, 0.5) is 5.69 Å². The van der Waals surface area contributed by atoms with Gasteiger partial charge in [-0.25, -0.2) is 4.98 Å². The number of rotatable bonds is 9. The van der Waals surface area contributed by atoms with Crippen molar-refractivity contribution in [3.8, 4) is 0 Å². The van der Waals surface area contributed by atoms with Gasteiger partial charge in [0.1, 0.15) is 12.3 Å². The molecule has 2 aliphatic carbocycles. The lowest BCUT2D eigenvalue weighted by molar-refractivity contribution is -0.136. The van der Waals surface area contributed by atoms with Crippen molar-refractivity contribution in [2.75, 3.05) is 5.32 Å². The molecule has 0 spiro atoms. The number of carbonyl (C=O) groups excluding carboxylic acids is 3. The van der Waals surface area contributed by atoms with Crippen molar-refractivity contribution in [1.82, 2.24) is 20.5 Å². The summed E-state index contributed by atoms with van der Waals surface area (Å²) in [5.74, 6) is 0.804. The molecule has 3 amide bonds. The topological polar surface area (TPSA) is 117 Å². The lowest BCUT2D eigenvalue weighted by Crippen LogP contribution is -2.52. The third-order valence-electron chi connectivity index (χ3n) is 8.68. The van der Waals surface area contributed by atoms with E-state index in [1.807, 2.05) is 12.1 Å². The number of hydrogen-bond acceptors (Lipinski definition) is 7. The van der Waals surface area contributed by atoms with E-state index >= 15 is 0 Å². The van der Waals surface area contributed by atoms with Crippen LogP contribution < -0.4 is 16.0 Å². The van der Waals surface area contributed by atoms with E-state index in [-0.39, 0.29) is 29.7 Å². The minimum atomic E-state index is -0.598. The molecule has 2 saturated carbocycles. The quantitative estimate of drug-likeness (QED) is 0.447. The minimum absolute atomic E-state index is 0.00999. The molecule has 0 radical (unpaired) electrons. The molecular weight excluding hydrogens is 470 g/mol. The van der Waals surface area contributed by atoms with Gasteiger partial charge >= 0.3 is 0 Å². The summed E-state index contributed by atoms with van der Waals surface area (Å²) in [7, 11) is 0. The average Bonchev–Trinajstić information content (AvgIpc) is 3.47. The fraction of sp³-hybridized carbons (Fsp3) is 0.571. The summed E-state index contributed by atoms with van der Waals surface area (Å²) in [6.45, 7) is 1.04. The number of oxazole rings is 1. The van der Waals surface area contributed by atoms with Crippen LogP contribution in [-0.4, -0.2) is 45.2 Å². The second-order valence-corrected chi connectivity index (χ2v) is 11.2. The molecule has 0 bridgehead atoms. The highest BCUT2D eigenvalue weighted by molar-refractivity contribution is 6.06. The van der Waals surface area contributed by atoms with Crippen molar-refractivity contribution >= 4 is 23.4 Å². The molecule has 1 aromatic heterocycles. The Labute approximate surface area is 216 Å². The number of imide groups is 1. The standard InChI is InChI=1S/C28H35N5O4/c34-24-7-6-23(26(35)31-24)33-17-21-20(27(33)36)2-1-3-22(21)32-28(11-8-18-4-5-18)12-9-19(10-13-28)30-16-25-29-14-15-37-25/h1-3,14-15,18-19,23,30,32H,4-13,16-17H2,(H,31,34,35). The molecule has 9 nitrogen and oxygen atoms in total. The van der Waals surface area contributed by atoms with Gasteiger partial charge in [-0.2, -0.15) is 0 Å². The van der Waals surface area contributed by atoms with E-state index in [0.29, 0.717) is 37.0 Å². The Kier molecular flexibility index (Phi) is 6.48. The van der Waals surface area contributed by atoms with Crippen molar-refractivity contribution in [2.24, 2.45) is 5.92 Å². The Morgan fingerprint density at radius 3 is 2.68 bits per heavy atom. The lowest BCUT2D eigenvalue weighted by Gasteiger charge is -2.42. The predicted molar refractivity (Wildman–Crippen MR) is 136 cm³/mol. The molecule has 9 heteroatoms. The second-order valence-electron chi connectivity index (χ2n) is 11.2. The summed E-state index contributed by atoms with van der Waals surface area (Å²) >= 11 is 0. The highest BCUT2D eigenvalue weighted by Crippen LogP contribution is 2.43. The maximum atomic E-state index is 13.3. The molecule has 3 fully saturated rings. The summed E-state index contributed by atoms with van der Waals surface area (Å²) < 4.78 is 5.37. The summed E-state index contributed by atoms with van der Waals surface area (Å²) in [5.41, 5.74) is 2.62. The van der Waals surface area contributed by atoms with Crippen LogP contribution in [0.1, 0.15) is 86.0 Å². The maximum absolute atomic E-state index is 13.3. The number of fused-ring (bicyclic) bond motifs is 1. The van der Waals surface area contributed by atoms with Crippen LogP contribution >= 0.6 is 0 Å². The van der Waals surface area contributed by atoms with Crippen LogP contribution in [0.5, 0.6) is 0 Å². The van der Waals surface area contributed by atoms with Crippen LogP contribution in [0, 0.1) is 5.92 Å². The predicted octanol–water partition coefficient (Wildman–Crippen LogP) is 3.51. The summed E-state index contributed by atoms with van der Waals surface area (Å²) in [5, 5.41) is 9.93. The fourth-order valence-corrected chi connectivity index (χ4v) is 6.26. The normalized spacial score (nSPS) is 27.8. The first kappa shape index (κ1) is 24.2. The number of nitrogens with zero attached hydrogens (tertiary/aromatic N) is 2. The Bertz CT molecular complexity index is 1170. The van der Waals surface area contributed by atoms with Gasteiger partial charge in [-0.15, -0.1) is 0 Å². The van der Waals surface area contributed by atoms with Crippen LogP contribution in [0.15, 0.2) is 35.1 Å². The monoisotopic (exact) mass is 505 g/mol. The first-order valence-corrected chi connectivity index (χ1v) is 13.7. The number of amides is 3. The van der Waals surface area contributed by atoms with E-state index in [1.165, 1.54) is 19.3 Å². The third-order valence-corrected chi connectivity index (χ3v) is 8.68. The van der Waals surface area contributed by atoms with E-state index < -0.39 is 6.04 Å². The average molecular weight is 506 g/mol. The smallest absolute Gasteiger partial charge is 0.255 e. The largest absolute Gasteiger partial charge is 0.448 e. The SMILES string of the molecule is O=C1CCC(N2Cc3c(NC4(CCC5CC5)CCC(NCc5ncco5)CC4)cccc3C2=O)C(=O)N1. The van der Waals surface area contributed by atoms with Gasteiger partial charge in [0.05, 0.1) is 12.7 Å². The van der Waals surface area contributed by atoms with Crippen molar-refractivity contribution < 1.29 is 18.8 Å². The molecule has 6 rings (SSSR count). The van der Waals surface area contributed by atoms with Crippen LogP contribution in [0.3, 0.4) is 0 Å². The molecule has 4 aliphatic rings. The van der Waals surface area contributed by atoms with Gasteiger partial charge in [0, 0.05) is 41.4 Å². The number of anilines is 1. The van der Waals surface area contributed by atoms with Crippen molar-refractivity contribution in [1.29, 1.82) is 0 Å². The molecule has 1 unspecified atom stereocenters. The second kappa shape index (κ2) is 9.93. The molecule has 1 aromatic carbocycles. The number of aromatic nitrogens is 1. The Morgan fingerprint density at radius 1 is 1.11 bits per heavy atom.